The first-order valence-corrected chi connectivity index (χ1v) is 7.53. The van der Waals surface area contributed by atoms with E-state index in [-0.39, 0.29) is 5.92 Å². The molecule has 1 unspecified atom stereocenters. The summed E-state index contributed by atoms with van der Waals surface area (Å²) >= 11 is 0. The Hall–Kier alpha value is -1.85. The van der Waals surface area contributed by atoms with Gasteiger partial charge < -0.3 is 14.9 Å². The summed E-state index contributed by atoms with van der Waals surface area (Å²) in [5, 5.41) is 15.9. The van der Waals surface area contributed by atoms with Gasteiger partial charge in [-0.05, 0) is 32.1 Å². The van der Waals surface area contributed by atoms with Crippen LogP contribution in [0.15, 0.2) is 4.52 Å². The summed E-state index contributed by atoms with van der Waals surface area (Å²) in [6.45, 7) is 3.54. The summed E-state index contributed by atoms with van der Waals surface area (Å²) in [6, 6.07) is -0.836. The fraction of sp³-hybridized carbons (Fsp3) is 0.667. The van der Waals surface area contributed by atoms with Crippen molar-refractivity contribution in [2.45, 2.75) is 58.4 Å². The third-order valence-corrected chi connectivity index (χ3v) is 4.17. The van der Waals surface area contributed by atoms with E-state index < -0.39 is 17.9 Å². The number of rotatable bonds is 5. The maximum atomic E-state index is 12.4. The van der Waals surface area contributed by atoms with Crippen LogP contribution < -0.4 is 5.32 Å². The molecule has 1 aliphatic rings. The lowest BCUT2D eigenvalue weighted by Crippen LogP contribution is -2.46. The number of hydrogen-bond donors (Lipinski definition) is 2. The molecular weight excluding hydrogens is 272 g/mol. The Balaban J connectivity index is 2.14. The zero-order valence-electron chi connectivity index (χ0n) is 12.5. The van der Waals surface area contributed by atoms with E-state index in [0.717, 1.165) is 32.1 Å². The second kappa shape index (κ2) is 6.74. The number of carbonyl (C=O) groups is 2. The largest absolute Gasteiger partial charge is 0.480 e. The van der Waals surface area contributed by atoms with Crippen molar-refractivity contribution in [3.8, 4) is 0 Å². The standard InChI is InChI=1S/C15H22N2O4/c1-3-11-12(9(2)21-17-11)14(18)16-13(15(19)20)10-7-5-4-6-8-10/h10,13H,3-8H2,1-2H3,(H,16,18)(H,19,20). The Morgan fingerprint density at radius 1 is 1.38 bits per heavy atom. The topological polar surface area (TPSA) is 92.4 Å². The number of aromatic nitrogens is 1. The molecule has 0 aliphatic heterocycles. The molecule has 116 valence electrons. The van der Waals surface area contributed by atoms with Crippen molar-refractivity contribution < 1.29 is 19.2 Å². The summed E-state index contributed by atoms with van der Waals surface area (Å²) in [5.74, 6) is -0.937. The average molecular weight is 294 g/mol. The van der Waals surface area contributed by atoms with Crippen LogP contribution in [-0.4, -0.2) is 28.2 Å². The molecule has 21 heavy (non-hydrogen) atoms. The van der Waals surface area contributed by atoms with Crippen molar-refractivity contribution in [2.75, 3.05) is 0 Å². The highest BCUT2D eigenvalue weighted by Crippen LogP contribution is 2.27. The number of amides is 1. The zero-order valence-corrected chi connectivity index (χ0v) is 12.5. The van der Waals surface area contributed by atoms with Gasteiger partial charge in [-0.1, -0.05) is 31.3 Å². The minimum absolute atomic E-state index is 0.00504. The number of aryl methyl sites for hydroxylation is 2. The maximum absolute atomic E-state index is 12.4. The number of aliphatic carboxylic acids is 1. The van der Waals surface area contributed by atoms with Gasteiger partial charge in [0, 0.05) is 0 Å². The van der Waals surface area contributed by atoms with Gasteiger partial charge in [-0.2, -0.15) is 0 Å². The smallest absolute Gasteiger partial charge is 0.326 e. The lowest BCUT2D eigenvalue weighted by atomic mass is 9.83. The van der Waals surface area contributed by atoms with Gasteiger partial charge in [-0.15, -0.1) is 0 Å². The molecule has 0 spiro atoms. The molecule has 1 amide bonds. The van der Waals surface area contributed by atoms with Crippen molar-refractivity contribution in [1.82, 2.24) is 10.5 Å². The van der Waals surface area contributed by atoms with Crippen molar-refractivity contribution in [3.63, 3.8) is 0 Å². The summed E-state index contributed by atoms with van der Waals surface area (Å²) in [4.78, 5) is 23.9. The molecule has 0 bridgehead atoms. The molecular formula is C15H22N2O4. The van der Waals surface area contributed by atoms with E-state index in [0.29, 0.717) is 23.4 Å². The lowest BCUT2D eigenvalue weighted by molar-refractivity contribution is -0.141. The molecule has 1 heterocycles. The molecule has 1 aromatic rings. The summed E-state index contributed by atoms with van der Waals surface area (Å²) in [6.07, 6.45) is 5.46. The van der Waals surface area contributed by atoms with Crippen molar-refractivity contribution in [1.29, 1.82) is 0 Å². The van der Waals surface area contributed by atoms with Gasteiger partial charge >= 0.3 is 5.97 Å². The highest BCUT2D eigenvalue weighted by Gasteiger charge is 2.32. The SMILES string of the molecule is CCc1noc(C)c1C(=O)NC(C(=O)O)C1CCCCC1. The van der Waals surface area contributed by atoms with Crippen molar-refractivity contribution in [2.24, 2.45) is 5.92 Å². The quantitative estimate of drug-likeness (QED) is 0.869. The molecule has 1 atom stereocenters. The van der Waals surface area contributed by atoms with Crippen LogP contribution in [0.25, 0.3) is 0 Å². The first kappa shape index (κ1) is 15.5. The third-order valence-electron chi connectivity index (χ3n) is 4.17. The molecule has 1 saturated carbocycles. The van der Waals surface area contributed by atoms with Crippen LogP contribution in [0.5, 0.6) is 0 Å². The summed E-state index contributed by atoms with van der Waals surface area (Å²) < 4.78 is 5.04. The molecule has 1 aliphatic carbocycles. The average Bonchev–Trinajstić information content (AvgIpc) is 2.86. The van der Waals surface area contributed by atoms with E-state index >= 15 is 0 Å². The van der Waals surface area contributed by atoms with Crippen molar-refractivity contribution >= 4 is 11.9 Å². The second-order valence-corrected chi connectivity index (χ2v) is 5.60. The Morgan fingerprint density at radius 2 is 2.05 bits per heavy atom. The monoisotopic (exact) mass is 294 g/mol. The second-order valence-electron chi connectivity index (χ2n) is 5.60. The molecule has 2 rings (SSSR count). The van der Waals surface area contributed by atoms with Crippen LogP contribution in [0.1, 0.15) is 60.8 Å². The molecule has 1 aromatic heterocycles. The fourth-order valence-electron chi connectivity index (χ4n) is 3.01. The predicted octanol–water partition coefficient (Wildman–Crippen LogP) is 2.31. The first-order valence-electron chi connectivity index (χ1n) is 7.53. The van der Waals surface area contributed by atoms with Crippen molar-refractivity contribution in [3.05, 3.63) is 17.0 Å². The fourth-order valence-corrected chi connectivity index (χ4v) is 3.01. The number of carbonyl (C=O) groups excluding carboxylic acids is 1. The summed E-state index contributed by atoms with van der Waals surface area (Å²) in [7, 11) is 0. The molecule has 6 nitrogen and oxygen atoms in total. The number of nitrogens with zero attached hydrogens (tertiary/aromatic N) is 1. The molecule has 0 saturated heterocycles. The maximum Gasteiger partial charge on any atom is 0.326 e. The lowest BCUT2D eigenvalue weighted by Gasteiger charge is -2.28. The van der Waals surface area contributed by atoms with Crippen LogP contribution in [0.4, 0.5) is 0 Å². The number of nitrogens with one attached hydrogen (secondary N) is 1. The molecule has 2 N–H and O–H groups in total. The number of hydrogen-bond acceptors (Lipinski definition) is 4. The number of carboxylic acid groups (broad SMARTS) is 1. The van der Waals surface area contributed by atoms with Crippen LogP contribution in [0.2, 0.25) is 0 Å². The molecule has 1 fully saturated rings. The van der Waals surface area contributed by atoms with Crippen LogP contribution in [-0.2, 0) is 11.2 Å². The van der Waals surface area contributed by atoms with E-state index in [4.69, 9.17) is 4.52 Å². The molecule has 6 heteroatoms. The Morgan fingerprint density at radius 3 is 2.62 bits per heavy atom. The normalized spacial score (nSPS) is 17.4. The van der Waals surface area contributed by atoms with Gasteiger partial charge in [0.1, 0.15) is 17.4 Å². The Kier molecular flexibility index (Phi) is 4.98. The summed E-state index contributed by atoms with van der Waals surface area (Å²) in [5.41, 5.74) is 0.942. The van der Waals surface area contributed by atoms with Gasteiger partial charge in [0.2, 0.25) is 0 Å². The van der Waals surface area contributed by atoms with E-state index in [2.05, 4.69) is 10.5 Å². The van der Waals surface area contributed by atoms with Gasteiger partial charge in [0.25, 0.3) is 5.91 Å². The Labute approximate surface area is 123 Å². The zero-order chi connectivity index (χ0) is 15.4. The van der Waals surface area contributed by atoms with Gasteiger partial charge in [-0.3, -0.25) is 4.79 Å². The van der Waals surface area contributed by atoms with E-state index in [9.17, 15) is 14.7 Å². The highest BCUT2D eigenvalue weighted by atomic mass is 16.5. The van der Waals surface area contributed by atoms with Crippen LogP contribution >= 0.6 is 0 Å². The molecule has 0 radical (unpaired) electrons. The predicted molar refractivity (Wildman–Crippen MR) is 76.1 cm³/mol. The highest BCUT2D eigenvalue weighted by molar-refractivity contribution is 5.98. The minimum Gasteiger partial charge on any atom is -0.480 e. The Bertz CT molecular complexity index is 518. The van der Waals surface area contributed by atoms with Crippen LogP contribution in [0, 0.1) is 12.8 Å². The van der Waals surface area contributed by atoms with Gasteiger partial charge in [-0.25, -0.2) is 4.79 Å². The minimum atomic E-state index is -0.970. The molecule has 0 aromatic carbocycles. The van der Waals surface area contributed by atoms with E-state index in [1.165, 1.54) is 0 Å². The van der Waals surface area contributed by atoms with E-state index in [1.807, 2.05) is 6.92 Å². The van der Waals surface area contributed by atoms with Gasteiger partial charge in [0.05, 0.1) is 5.69 Å². The van der Waals surface area contributed by atoms with Crippen LogP contribution in [0.3, 0.4) is 0 Å². The first-order chi connectivity index (χ1) is 10.0. The third kappa shape index (κ3) is 3.43. The van der Waals surface area contributed by atoms with Gasteiger partial charge in [0.15, 0.2) is 0 Å². The number of carboxylic acids is 1. The van der Waals surface area contributed by atoms with E-state index in [1.54, 1.807) is 6.92 Å².